The predicted molar refractivity (Wildman–Crippen MR) is 45.5 cm³/mol. The Morgan fingerprint density at radius 1 is 1.62 bits per heavy atom. The third-order valence-corrected chi connectivity index (χ3v) is 1.66. The minimum absolute atomic E-state index is 0.254. The smallest absolute Gasteiger partial charge is 0.351 e. The predicted octanol–water partition coefficient (Wildman–Crippen LogP) is -0.492. The fraction of sp³-hybridized carbons (Fsp3) is 0.286. The number of nitrogens with two attached hydrogens (primary N) is 1. The molecule has 0 spiro atoms. The number of aromatic nitrogens is 3. The van der Waals surface area contributed by atoms with Crippen molar-refractivity contribution >= 4 is 12.0 Å². The molecule has 0 atom stereocenters. The van der Waals surface area contributed by atoms with Gasteiger partial charge < -0.3 is 15.4 Å². The summed E-state index contributed by atoms with van der Waals surface area (Å²) in [6.07, 6.45) is 1.27. The van der Waals surface area contributed by atoms with Gasteiger partial charge in [-0.15, -0.1) is 10.2 Å². The van der Waals surface area contributed by atoms with Crippen LogP contribution in [0.5, 0.6) is 0 Å². The second-order valence-corrected chi connectivity index (χ2v) is 2.57. The van der Waals surface area contributed by atoms with Crippen molar-refractivity contribution in [1.82, 2.24) is 14.8 Å². The summed E-state index contributed by atoms with van der Waals surface area (Å²) in [5, 5.41) is 16.0. The molecule has 0 unspecified atom stereocenters. The summed E-state index contributed by atoms with van der Waals surface area (Å²) in [6, 6.07) is 0. The molecule has 0 aliphatic rings. The molecule has 0 aliphatic heterocycles. The Bertz CT molecular complexity index is 367. The van der Waals surface area contributed by atoms with E-state index in [9.17, 15) is 4.79 Å². The van der Waals surface area contributed by atoms with E-state index in [0.717, 1.165) is 0 Å². The van der Waals surface area contributed by atoms with Crippen molar-refractivity contribution in [3.8, 4) is 0 Å². The molecular weight excluding hydrogens is 172 g/mol. The van der Waals surface area contributed by atoms with Gasteiger partial charge in [-0.05, 0) is 6.92 Å². The van der Waals surface area contributed by atoms with E-state index < -0.39 is 5.97 Å². The first-order chi connectivity index (χ1) is 6.02. The average Bonchev–Trinajstić information content (AvgIpc) is 2.36. The highest BCUT2D eigenvalue weighted by molar-refractivity contribution is 5.90. The molecule has 0 aliphatic carbocycles. The lowest BCUT2D eigenvalue weighted by Crippen LogP contribution is -2.10. The second-order valence-electron chi connectivity index (χ2n) is 2.57. The van der Waals surface area contributed by atoms with Crippen LogP contribution in [0.15, 0.2) is 5.70 Å². The number of rotatable bonds is 2. The van der Waals surface area contributed by atoms with Crippen LogP contribution in [-0.2, 0) is 11.8 Å². The van der Waals surface area contributed by atoms with Crippen molar-refractivity contribution in [3.05, 3.63) is 17.3 Å². The van der Waals surface area contributed by atoms with Gasteiger partial charge in [-0.3, -0.25) is 0 Å². The van der Waals surface area contributed by atoms with Crippen molar-refractivity contribution in [3.63, 3.8) is 0 Å². The van der Waals surface area contributed by atoms with Crippen LogP contribution in [0.2, 0.25) is 0 Å². The Morgan fingerprint density at radius 2 is 2.23 bits per heavy atom. The van der Waals surface area contributed by atoms with Crippen LogP contribution in [0.25, 0.3) is 6.08 Å². The quantitative estimate of drug-likeness (QED) is 0.602. The summed E-state index contributed by atoms with van der Waals surface area (Å²) in [7, 11) is 1.73. The third kappa shape index (κ3) is 1.84. The van der Waals surface area contributed by atoms with Gasteiger partial charge in [0.1, 0.15) is 11.5 Å². The minimum atomic E-state index is -1.17. The maximum atomic E-state index is 10.4. The number of aryl methyl sites for hydroxylation is 1. The van der Waals surface area contributed by atoms with Crippen LogP contribution in [-0.4, -0.2) is 25.8 Å². The minimum Gasteiger partial charge on any atom is -0.477 e. The van der Waals surface area contributed by atoms with Gasteiger partial charge in [0.15, 0.2) is 5.82 Å². The summed E-state index contributed by atoms with van der Waals surface area (Å²) in [5.74, 6) is -0.0394. The highest BCUT2D eigenvalue weighted by atomic mass is 16.4. The van der Waals surface area contributed by atoms with E-state index in [0.29, 0.717) is 11.6 Å². The fourth-order valence-electron chi connectivity index (χ4n) is 0.750. The molecule has 0 bridgehead atoms. The molecule has 1 aromatic heterocycles. The van der Waals surface area contributed by atoms with Crippen molar-refractivity contribution in [2.24, 2.45) is 12.8 Å². The van der Waals surface area contributed by atoms with E-state index in [4.69, 9.17) is 10.8 Å². The third-order valence-electron chi connectivity index (χ3n) is 1.66. The lowest BCUT2D eigenvalue weighted by atomic mass is 10.4. The highest BCUT2D eigenvalue weighted by Crippen LogP contribution is 2.01. The average molecular weight is 182 g/mol. The molecule has 70 valence electrons. The number of hydrogen-bond donors (Lipinski definition) is 2. The lowest BCUT2D eigenvalue weighted by Gasteiger charge is -1.96. The lowest BCUT2D eigenvalue weighted by molar-refractivity contribution is -0.132. The van der Waals surface area contributed by atoms with E-state index in [1.165, 1.54) is 6.08 Å². The van der Waals surface area contributed by atoms with Gasteiger partial charge in [-0.2, -0.15) is 0 Å². The Hall–Kier alpha value is -1.85. The molecule has 1 rings (SSSR count). The fourth-order valence-corrected chi connectivity index (χ4v) is 0.750. The van der Waals surface area contributed by atoms with Crippen molar-refractivity contribution in [1.29, 1.82) is 0 Å². The first-order valence-electron chi connectivity index (χ1n) is 3.59. The van der Waals surface area contributed by atoms with Crippen molar-refractivity contribution in [2.45, 2.75) is 6.92 Å². The summed E-state index contributed by atoms with van der Waals surface area (Å²) >= 11 is 0. The molecule has 0 saturated heterocycles. The van der Waals surface area contributed by atoms with Crippen LogP contribution >= 0.6 is 0 Å². The molecule has 0 fully saturated rings. The molecule has 0 radical (unpaired) electrons. The Labute approximate surface area is 74.7 Å². The van der Waals surface area contributed by atoms with E-state index in [1.807, 2.05) is 0 Å². The van der Waals surface area contributed by atoms with Crippen molar-refractivity contribution in [2.75, 3.05) is 0 Å². The molecule has 6 heteroatoms. The molecule has 13 heavy (non-hydrogen) atoms. The molecule has 0 amide bonds. The zero-order valence-corrected chi connectivity index (χ0v) is 7.35. The SMILES string of the molecule is Cc1nnc(/C=C(/N)C(=O)O)n1C. The van der Waals surface area contributed by atoms with Crippen LogP contribution in [0.4, 0.5) is 0 Å². The maximum Gasteiger partial charge on any atom is 0.351 e. The summed E-state index contributed by atoms with van der Waals surface area (Å²) in [4.78, 5) is 10.4. The van der Waals surface area contributed by atoms with Crippen LogP contribution in [0.3, 0.4) is 0 Å². The van der Waals surface area contributed by atoms with Gasteiger partial charge in [-0.1, -0.05) is 0 Å². The summed E-state index contributed by atoms with van der Waals surface area (Å²) in [5.41, 5.74) is 4.95. The zero-order valence-electron chi connectivity index (χ0n) is 7.35. The Morgan fingerprint density at radius 3 is 2.62 bits per heavy atom. The molecular formula is C7H10N4O2. The molecule has 0 saturated carbocycles. The van der Waals surface area contributed by atoms with Crippen LogP contribution in [0.1, 0.15) is 11.6 Å². The van der Waals surface area contributed by atoms with E-state index >= 15 is 0 Å². The number of carboxylic acid groups (broad SMARTS) is 1. The van der Waals surface area contributed by atoms with Gasteiger partial charge >= 0.3 is 5.97 Å². The van der Waals surface area contributed by atoms with Crippen molar-refractivity contribution < 1.29 is 9.90 Å². The van der Waals surface area contributed by atoms with Gasteiger partial charge in [-0.25, -0.2) is 4.79 Å². The number of aliphatic carboxylic acids is 1. The summed E-state index contributed by atoms with van der Waals surface area (Å²) in [6.45, 7) is 1.77. The van der Waals surface area contributed by atoms with Gasteiger partial charge in [0.25, 0.3) is 0 Å². The van der Waals surface area contributed by atoms with E-state index in [-0.39, 0.29) is 5.70 Å². The number of nitrogens with zero attached hydrogens (tertiary/aromatic N) is 3. The summed E-state index contributed by atoms with van der Waals surface area (Å²) < 4.78 is 1.65. The standard InChI is InChI=1S/C7H10N4O2/c1-4-9-10-6(11(4)2)3-5(8)7(12)13/h3H,8H2,1-2H3,(H,12,13)/b5-3+. The van der Waals surface area contributed by atoms with Crippen LogP contribution in [0, 0.1) is 6.92 Å². The zero-order chi connectivity index (χ0) is 10.0. The Balaban J connectivity index is 3.04. The topological polar surface area (TPSA) is 94.0 Å². The van der Waals surface area contributed by atoms with Crippen LogP contribution < -0.4 is 5.73 Å². The monoisotopic (exact) mass is 182 g/mol. The highest BCUT2D eigenvalue weighted by Gasteiger charge is 2.05. The molecule has 0 aromatic carbocycles. The molecule has 1 heterocycles. The van der Waals surface area contributed by atoms with E-state index in [1.54, 1.807) is 18.5 Å². The van der Waals surface area contributed by atoms with Gasteiger partial charge in [0.2, 0.25) is 0 Å². The first-order valence-corrected chi connectivity index (χ1v) is 3.59. The maximum absolute atomic E-state index is 10.4. The number of carbonyl (C=O) groups is 1. The first kappa shape index (κ1) is 9.24. The molecule has 6 nitrogen and oxygen atoms in total. The molecule has 1 aromatic rings. The molecule has 3 N–H and O–H groups in total. The second kappa shape index (κ2) is 3.26. The van der Waals surface area contributed by atoms with Gasteiger partial charge in [0.05, 0.1) is 0 Å². The Kier molecular flexibility index (Phi) is 2.32. The van der Waals surface area contributed by atoms with E-state index in [2.05, 4.69) is 10.2 Å². The number of carboxylic acids is 1. The van der Waals surface area contributed by atoms with Gasteiger partial charge in [0, 0.05) is 13.1 Å². The number of hydrogen-bond acceptors (Lipinski definition) is 4. The normalized spacial score (nSPS) is 11.7. The largest absolute Gasteiger partial charge is 0.477 e.